The van der Waals surface area contributed by atoms with Crippen molar-refractivity contribution < 1.29 is 0 Å². The molecule has 4 rings (SSSR count). The summed E-state index contributed by atoms with van der Waals surface area (Å²) in [5.74, 6) is 0. The van der Waals surface area contributed by atoms with Crippen molar-refractivity contribution in [1.29, 1.82) is 0 Å². The SMILES string of the molecule is CC(N)CCc1cccc([Si](c2ccccc2)(c2ccccc2)c2ccccc2)c1CCC(C)N. The minimum Gasteiger partial charge on any atom is -0.328 e. The summed E-state index contributed by atoms with van der Waals surface area (Å²) in [6.45, 7) is 4.21. The molecule has 0 saturated carbocycles. The summed E-state index contributed by atoms with van der Waals surface area (Å²) in [5, 5.41) is 5.69. The van der Waals surface area contributed by atoms with Gasteiger partial charge in [0.15, 0.2) is 8.07 Å². The molecule has 35 heavy (non-hydrogen) atoms. The molecule has 0 amide bonds. The summed E-state index contributed by atoms with van der Waals surface area (Å²) in [6.07, 6.45) is 3.91. The normalized spacial score (nSPS) is 13.4. The Balaban J connectivity index is 2.08. The van der Waals surface area contributed by atoms with E-state index in [1.54, 1.807) is 0 Å². The van der Waals surface area contributed by atoms with Crippen LogP contribution in [0.5, 0.6) is 0 Å². The number of nitrogens with two attached hydrogens (primary N) is 2. The third-order valence-corrected chi connectivity index (χ3v) is 11.9. The second-order valence-corrected chi connectivity index (χ2v) is 13.6. The first-order valence-corrected chi connectivity index (χ1v) is 14.8. The van der Waals surface area contributed by atoms with Gasteiger partial charge >= 0.3 is 0 Å². The Hall–Kier alpha value is -2.98. The third kappa shape index (κ3) is 5.48. The number of hydrogen-bond acceptors (Lipinski definition) is 2. The Bertz CT molecular complexity index is 1090. The lowest BCUT2D eigenvalue weighted by Crippen LogP contribution is -2.75. The molecule has 0 spiro atoms. The quantitative estimate of drug-likeness (QED) is 0.270. The van der Waals surface area contributed by atoms with E-state index in [4.69, 9.17) is 11.5 Å². The molecule has 0 aliphatic carbocycles. The van der Waals surface area contributed by atoms with Crippen LogP contribution in [0.25, 0.3) is 0 Å². The highest BCUT2D eigenvalue weighted by molar-refractivity contribution is 7.20. The molecule has 0 radical (unpaired) electrons. The van der Waals surface area contributed by atoms with Crippen LogP contribution >= 0.6 is 0 Å². The summed E-state index contributed by atoms with van der Waals surface area (Å²) < 4.78 is 0. The van der Waals surface area contributed by atoms with E-state index in [0.717, 1.165) is 25.7 Å². The molecule has 180 valence electrons. The Morgan fingerprint density at radius 1 is 0.543 bits per heavy atom. The van der Waals surface area contributed by atoms with E-state index in [0.29, 0.717) is 0 Å². The number of benzene rings is 4. The van der Waals surface area contributed by atoms with Gasteiger partial charge in [0.1, 0.15) is 0 Å². The highest BCUT2D eigenvalue weighted by Crippen LogP contribution is 2.19. The van der Waals surface area contributed by atoms with Gasteiger partial charge in [-0.3, -0.25) is 0 Å². The fourth-order valence-corrected chi connectivity index (χ4v) is 10.4. The summed E-state index contributed by atoms with van der Waals surface area (Å²) in [7, 11) is -2.58. The predicted octanol–water partition coefficient (Wildman–Crippen LogP) is 3.62. The van der Waals surface area contributed by atoms with Crippen molar-refractivity contribution in [3.05, 3.63) is 120 Å². The maximum absolute atomic E-state index is 6.30. The monoisotopic (exact) mass is 478 g/mol. The maximum Gasteiger partial charge on any atom is 0.179 e. The second-order valence-electron chi connectivity index (χ2n) is 9.82. The molecule has 4 aromatic rings. The average Bonchev–Trinajstić information content (AvgIpc) is 2.89. The number of aryl methyl sites for hydroxylation is 1. The molecule has 4 N–H and O–H groups in total. The van der Waals surface area contributed by atoms with Gasteiger partial charge in [-0.2, -0.15) is 0 Å². The van der Waals surface area contributed by atoms with Gasteiger partial charge < -0.3 is 11.5 Å². The molecule has 0 bridgehead atoms. The molecule has 0 aromatic heterocycles. The Labute approximate surface area is 212 Å². The van der Waals surface area contributed by atoms with E-state index in [1.807, 2.05) is 0 Å². The van der Waals surface area contributed by atoms with Gasteiger partial charge in [0.25, 0.3) is 0 Å². The molecule has 2 unspecified atom stereocenters. The fraction of sp³-hybridized carbons (Fsp3) is 0.250. The van der Waals surface area contributed by atoms with Crippen molar-refractivity contribution in [2.45, 2.75) is 51.6 Å². The Morgan fingerprint density at radius 3 is 1.40 bits per heavy atom. The minimum absolute atomic E-state index is 0.158. The van der Waals surface area contributed by atoms with Crippen LogP contribution < -0.4 is 32.2 Å². The lowest BCUT2D eigenvalue weighted by Gasteiger charge is -2.37. The van der Waals surface area contributed by atoms with Crippen molar-refractivity contribution in [3.63, 3.8) is 0 Å². The first kappa shape index (κ1) is 25.1. The molecule has 0 saturated heterocycles. The van der Waals surface area contributed by atoms with Gasteiger partial charge in [0.05, 0.1) is 0 Å². The zero-order valence-corrected chi connectivity index (χ0v) is 22.0. The number of hydrogen-bond donors (Lipinski definition) is 2. The van der Waals surface area contributed by atoms with Crippen molar-refractivity contribution in [2.75, 3.05) is 0 Å². The van der Waals surface area contributed by atoms with Crippen molar-refractivity contribution in [2.24, 2.45) is 11.5 Å². The van der Waals surface area contributed by atoms with Crippen molar-refractivity contribution in [1.82, 2.24) is 0 Å². The number of rotatable bonds is 10. The average molecular weight is 479 g/mol. The van der Waals surface area contributed by atoms with Gasteiger partial charge in [0, 0.05) is 12.1 Å². The molecule has 0 aliphatic rings. The summed E-state index contributed by atoms with van der Waals surface area (Å²) >= 11 is 0. The first-order valence-electron chi connectivity index (χ1n) is 12.8. The topological polar surface area (TPSA) is 52.0 Å². The lowest BCUT2D eigenvalue weighted by molar-refractivity contribution is 0.647. The Kier molecular flexibility index (Phi) is 8.35. The van der Waals surface area contributed by atoms with Gasteiger partial charge in [-0.05, 0) is 71.4 Å². The van der Waals surface area contributed by atoms with Crippen LogP contribution in [0.2, 0.25) is 0 Å². The smallest absolute Gasteiger partial charge is 0.179 e. The van der Waals surface area contributed by atoms with Crippen LogP contribution in [-0.4, -0.2) is 20.2 Å². The van der Waals surface area contributed by atoms with Crippen LogP contribution in [0.3, 0.4) is 0 Å². The summed E-state index contributed by atoms with van der Waals surface area (Å²) in [5.41, 5.74) is 15.4. The minimum atomic E-state index is -2.58. The predicted molar refractivity (Wildman–Crippen MR) is 154 cm³/mol. The van der Waals surface area contributed by atoms with E-state index in [-0.39, 0.29) is 12.1 Å². The van der Waals surface area contributed by atoms with E-state index in [9.17, 15) is 0 Å². The largest absolute Gasteiger partial charge is 0.328 e. The zero-order valence-electron chi connectivity index (χ0n) is 21.0. The lowest BCUT2D eigenvalue weighted by atomic mass is 9.96. The van der Waals surface area contributed by atoms with Crippen molar-refractivity contribution in [3.8, 4) is 0 Å². The molecule has 3 heteroatoms. The Morgan fingerprint density at radius 2 is 0.971 bits per heavy atom. The fourth-order valence-electron chi connectivity index (χ4n) is 5.30. The molecular formula is C32H38N2Si. The maximum atomic E-state index is 6.30. The van der Waals surface area contributed by atoms with Gasteiger partial charge in [-0.1, -0.05) is 109 Å². The molecule has 2 nitrogen and oxygen atoms in total. The van der Waals surface area contributed by atoms with Crippen molar-refractivity contribution >= 4 is 28.8 Å². The first-order chi connectivity index (χ1) is 17.0. The highest BCUT2D eigenvalue weighted by Gasteiger charge is 2.42. The van der Waals surface area contributed by atoms with E-state index < -0.39 is 8.07 Å². The van der Waals surface area contributed by atoms with Crippen LogP contribution in [0.4, 0.5) is 0 Å². The van der Waals surface area contributed by atoms with Gasteiger partial charge in [-0.15, -0.1) is 0 Å². The molecule has 0 aliphatic heterocycles. The molecular weight excluding hydrogens is 440 g/mol. The molecule has 0 heterocycles. The van der Waals surface area contributed by atoms with Gasteiger partial charge in [0.2, 0.25) is 0 Å². The van der Waals surface area contributed by atoms with E-state index >= 15 is 0 Å². The third-order valence-electron chi connectivity index (χ3n) is 7.02. The van der Waals surface area contributed by atoms with Crippen LogP contribution in [-0.2, 0) is 12.8 Å². The van der Waals surface area contributed by atoms with Gasteiger partial charge in [-0.25, -0.2) is 0 Å². The summed E-state index contributed by atoms with van der Waals surface area (Å²) in [6, 6.07) is 40.7. The highest BCUT2D eigenvalue weighted by atomic mass is 28.3. The molecule has 4 aromatic carbocycles. The van der Waals surface area contributed by atoms with Crippen LogP contribution in [0, 0.1) is 0 Å². The standard InChI is InChI=1S/C32H38N2Si/c1-25(33)21-23-27-13-12-20-32(31(27)24-22-26(2)34)35(28-14-6-3-7-15-28,29-16-8-4-9-17-29)30-18-10-5-11-19-30/h3-20,25-26H,21-24,33-34H2,1-2H3. The molecule has 2 atom stereocenters. The zero-order chi connectivity index (χ0) is 24.7. The second kappa shape index (κ2) is 11.6. The molecule has 0 fully saturated rings. The van der Waals surface area contributed by atoms with Crippen LogP contribution in [0.1, 0.15) is 37.8 Å². The van der Waals surface area contributed by atoms with Crippen LogP contribution in [0.15, 0.2) is 109 Å². The van der Waals surface area contributed by atoms with E-state index in [1.165, 1.54) is 31.9 Å². The summed E-state index contributed by atoms with van der Waals surface area (Å²) in [4.78, 5) is 0. The van der Waals surface area contributed by atoms with E-state index in [2.05, 4.69) is 123 Å².